The number of nitrogens with zero attached hydrogens (tertiary/aromatic N) is 1. The quantitative estimate of drug-likeness (QED) is 0.349. The maximum Gasteiger partial charge on any atom is 0.269 e. The Kier molecular flexibility index (Phi) is 6.41. The van der Waals surface area contributed by atoms with E-state index >= 15 is 0 Å². The molecule has 0 spiro atoms. The molecule has 0 atom stereocenters. The zero-order valence-electron chi connectivity index (χ0n) is 13.3. The number of benzene rings is 2. The lowest BCUT2D eigenvalue weighted by molar-refractivity contribution is -0.384. The average molecular weight is 339 g/mol. The van der Waals surface area contributed by atoms with Gasteiger partial charge in [-0.25, -0.2) is 0 Å². The lowest BCUT2D eigenvalue weighted by atomic mass is 10.2. The molecular weight excluding hydrogens is 322 g/mol. The molecule has 0 bridgehead atoms. The van der Waals surface area contributed by atoms with Crippen LogP contribution in [0.4, 0.5) is 5.69 Å². The molecule has 128 valence electrons. The summed E-state index contributed by atoms with van der Waals surface area (Å²) in [5, 5.41) is 15.9. The Balaban J connectivity index is 1.71. The highest BCUT2D eigenvalue weighted by atomic mass is 16.6. The van der Waals surface area contributed by atoms with E-state index in [2.05, 4.69) is 10.6 Å². The van der Waals surface area contributed by atoms with E-state index in [0.29, 0.717) is 24.2 Å². The van der Waals surface area contributed by atoms with Crippen LogP contribution >= 0.6 is 0 Å². The van der Waals surface area contributed by atoms with Crippen molar-refractivity contribution in [1.82, 2.24) is 10.6 Å². The minimum Gasteiger partial charge on any atom is -0.351 e. The van der Waals surface area contributed by atoms with Gasteiger partial charge >= 0.3 is 0 Å². The predicted molar refractivity (Wildman–Crippen MR) is 93.9 cm³/mol. The summed E-state index contributed by atoms with van der Waals surface area (Å²) < 4.78 is 0. The molecule has 0 aliphatic heterocycles. The second-order valence-electron chi connectivity index (χ2n) is 5.09. The summed E-state index contributed by atoms with van der Waals surface area (Å²) in [5.41, 5.74) is 1.24. The topological polar surface area (TPSA) is 101 Å². The first-order chi connectivity index (χ1) is 12.1. The fourth-order valence-corrected chi connectivity index (χ4v) is 1.99. The van der Waals surface area contributed by atoms with E-state index in [-0.39, 0.29) is 17.5 Å². The van der Waals surface area contributed by atoms with Crippen LogP contribution in [0.15, 0.2) is 60.7 Å². The maximum atomic E-state index is 11.8. The van der Waals surface area contributed by atoms with Crippen molar-refractivity contribution in [2.75, 3.05) is 13.1 Å². The van der Waals surface area contributed by atoms with E-state index in [9.17, 15) is 19.7 Å². The number of hydrogen-bond donors (Lipinski definition) is 2. The average Bonchev–Trinajstić information content (AvgIpc) is 2.64. The van der Waals surface area contributed by atoms with Gasteiger partial charge in [0.15, 0.2) is 0 Å². The smallest absolute Gasteiger partial charge is 0.269 e. The normalized spacial score (nSPS) is 10.4. The number of nitro groups is 1. The van der Waals surface area contributed by atoms with E-state index < -0.39 is 4.92 Å². The number of nitro benzene ring substituents is 1. The van der Waals surface area contributed by atoms with Gasteiger partial charge in [0.1, 0.15) is 0 Å². The number of hydrogen-bond acceptors (Lipinski definition) is 4. The van der Waals surface area contributed by atoms with Gasteiger partial charge in [-0.1, -0.05) is 18.2 Å². The molecule has 2 aromatic rings. The number of amides is 2. The summed E-state index contributed by atoms with van der Waals surface area (Å²) in [5.74, 6) is -0.511. The molecule has 7 heteroatoms. The van der Waals surface area contributed by atoms with Gasteiger partial charge in [-0.05, 0) is 35.9 Å². The van der Waals surface area contributed by atoms with Gasteiger partial charge in [0.05, 0.1) is 4.92 Å². The fourth-order valence-electron chi connectivity index (χ4n) is 1.99. The summed E-state index contributed by atoms with van der Waals surface area (Å²) in [6, 6.07) is 14.7. The van der Waals surface area contributed by atoms with E-state index in [4.69, 9.17) is 0 Å². The van der Waals surface area contributed by atoms with Crippen molar-refractivity contribution in [1.29, 1.82) is 0 Å². The van der Waals surface area contributed by atoms with Crippen molar-refractivity contribution < 1.29 is 14.5 Å². The fraction of sp³-hybridized carbons (Fsp3) is 0.111. The Morgan fingerprint density at radius 3 is 2.24 bits per heavy atom. The number of non-ortho nitro benzene ring substituents is 1. The van der Waals surface area contributed by atoms with Crippen LogP contribution in [0.25, 0.3) is 6.08 Å². The van der Waals surface area contributed by atoms with Crippen molar-refractivity contribution in [2.24, 2.45) is 0 Å². The van der Waals surface area contributed by atoms with Crippen LogP contribution < -0.4 is 10.6 Å². The molecule has 0 radical (unpaired) electrons. The third kappa shape index (κ3) is 5.91. The second-order valence-corrected chi connectivity index (χ2v) is 5.09. The Morgan fingerprint density at radius 1 is 0.960 bits per heavy atom. The minimum atomic E-state index is -0.482. The second kappa shape index (κ2) is 8.97. The van der Waals surface area contributed by atoms with Crippen LogP contribution in [-0.4, -0.2) is 29.8 Å². The summed E-state index contributed by atoms with van der Waals surface area (Å²) in [4.78, 5) is 33.6. The van der Waals surface area contributed by atoms with Gasteiger partial charge in [0.25, 0.3) is 11.6 Å². The molecule has 0 heterocycles. The molecule has 2 aromatic carbocycles. The lowest BCUT2D eigenvalue weighted by Gasteiger charge is -2.05. The van der Waals surface area contributed by atoms with Gasteiger partial charge in [0.2, 0.25) is 5.91 Å². The Hall–Kier alpha value is -3.48. The van der Waals surface area contributed by atoms with E-state index in [1.54, 1.807) is 42.5 Å². The molecule has 25 heavy (non-hydrogen) atoms. The third-order valence-electron chi connectivity index (χ3n) is 3.28. The monoisotopic (exact) mass is 339 g/mol. The third-order valence-corrected chi connectivity index (χ3v) is 3.28. The highest BCUT2D eigenvalue weighted by molar-refractivity contribution is 5.94. The number of nitrogens with one attached hydrogen (secondary N) is 2. The molecule has 2 amide bonds. The largest absolute Gasteiger partial charge is 0.351 e. The van der Waals surface area contributed by atoms with E-state index in [1.807, 2.05) is 6.07 Å². The molecule has 0 saturated heterocycles. The molecule has 7 nitrogen and oxygen atoms in total. The van der Waals surface area contributed by atoms with Crippen LogP contribution in [0.3, 0.4) is 0 Å². The summed E-state index contributed by atoms with van der Waals surface area (Å²) in [6.07, 6.45) is 2.89. The number of carbonyl (C=O) groups is 2. The standard InChI is InChI=1S/C18H17N3O4/c22-17(11-8-14-6-9-16(10-7-14)21(24)25)19-12-13-20-18(23)15-4-2-1-3-5-15/h1-11H,12-13H2,(H,19,22)(H,20,23)/b11-8+. The van der Waals surface area contributed by atoms with E-state index in [0.717, 1.165) is 0 Å². The van der Waals surface area contributed by atoms with Gasteiger partial charge in [0, 0.05) is 36.9 Å². The van der Waals surface area contributed by atoms with Crippen LogP contribution in [0.5, 0.6) is 0 Å². The predicted octanol–water partition coefficient (Wildman–Crippen LogP) is 2.15. The SMILES string of the molecule is O=C(/C=C/c1ccc([N+](=O)[O-])cc1)NCCNC(=O)c1ccccc1. The number of rotatable bonds is 7. The molecular formula is C18H17N3O4. The van der Waals surface area contributed by atoms with Gasteiger partial charge in [-0.2, -0.15) is 0 Å². The molecule has 0 saturated carbocycles. The molecule has 2 N–H and O–H groups in total. The van der Waals surface area contributed by atoms with Crippen LogP contribution in [0.1, 0.15) is 15.9 Å². The maximum absolute atomic E-state index is 11.8. The zero-order chi connectivity index (χ0) is 18.1. The first kappa shape index (κ1) is 17.9. The minimum absolute atomic E-state index is 0.00393. The van der Waals surface area contributed by atoms with Gasteiger partial charge in [-0.15, -0.1) is 0 Å². The van der Waals surface area contributed by atoms with Crippen molar-refractivity contribution in [3.05, 3.63) is 81.9 Å². The first-order valence-corrected chi connectivity index (χ1v) is 7.60. The lowest BCUT2D eigenvalue weighted by Crippen LogP contribution is -2.33. The molecule has 0 unspecified atom stereocenters. The van der Waals surface area contributed by atoms with E-state index in [1.165, 1.54) is 18.2 Å². The van der Waals surface area contributed by atoms with Crippen molar-refractivity contribution in [3.63, 3.8) is 0 Å². The molecule has 0 aliphatic carbocycles. The van der Waals surface area contributed by atoms with Crippen LogP contribution in [0, 0.1) is 10.1 Å². The molecule has 0 fully saturated rings. The Bertz CT molecular complexity index is 771. The highest BCUT2D eigenvalue weighted by Crippen LogP contribution is 2.12. The Labute approximate surface area is 144 Å². The Morgan fingerprint density at radius 2 is 1.60 bits per heavy atom. The molecule has 0 aromatic heterocycles. The van der Waals surface area contributed by atoms with Crippen molar-refractivity contribution in [2.45, 2.75) is 0 Å². The highest BCUT2D eigenvalue weighted by Gasteiger charge is 2.04. The van der Waals surface area contributed by atoms with Gasteiger partial charge < -0.3 is 10.6 Å². The van der Waals surface area contributed by atoms with Crippen LogP contribution in [0.2, 0.25) is 0 Å². The molecule has 0 aliphatic rings. The van der Waals surface area contributed by atoms with Crippen LogP contribution in [-0.2, 0) is 4.79 Å². The number of carbonyl (C=O) groups excluding carboxylic acids is 2. The van der Waals surface area contributed by atoms with Crippen molar-refractivity contribution in [3.8, 4) is 0 Å². The van der Waals surface area contributed by atoms with Crippen molar-refractivity contribution >= 4 is 23.6 Å². The summed E-state index contributed by atoms with van der Waals surface area (Å²) >= 11 is 0. The summed E-state index contributed by atoms with van der Waals surface area (Å²) in [6.45, 7) is 0.604. The molecule has 2 rings (SSSR count). The first-order valence-electron chi connectivity index (χ1n) is 7.60. The summed E-state index contributed by atoms with van der Waals surface area (Å²) in [7, 11) is 0. The zero-order valence-corrected chi connectivity index (χ0v) is 13.3. The van der Waals surface area contributed by atoms with Gasteiger partial charge in [-0.3, -0.25) is 19.7 Å².